The topological polar surface area (TPSA) is 124 Å². The highest BCUT2D eigenvalue weighted by Gasteiger charge is 2.77. The van der Waals surface area contributed by atoms with Crippen molar-refractivity contribution in [1.29, 1.82) is 0 Å². The molecule has 0 radical (unpaired) electrons. The van der Waals surface area contributed by atoms with Crippen molar-refractivity contribution in [3.05, 3.63) is 64.5 Å². The Balaban J connectivity index is 1.62. The summed E-state index contributed by atoms with van der Waals surface area (Å²) in [6.45, 7) is 0. The van der Waals surface area contributed by atoms with E-state index in [1.807, 2.05) is 0 Å². The van der Waals surface area contributed by atoms with Crippen LogP contribution in [-0.2, 0) is 19.2 Å². The minimum absolute atomic E-state index is 0.00855. The number of ether oxygens (including phenoxy) is 1. The van der Waals surface area contributed by atoms with Gasteiger partial charge in [-0.05, 0) is 36.5 Å². The largest absolute Gasteiger partial charge is 0.504 e. The second-order valence-corrected chi connectivity index (χ2v) is 11.9. The van der Waals surface area contributed by atoms with Crippen LogP contribution in [0.25, 0.3) is 0 Å². The normalized spacial score (nSPS) is 31.7. The molecule has 16 heteroatoms. The second kappa shape index (κ2) is 9.37. The molecule has 3 fully saturated rings. The number of nitrogens with zero attached hydrogens (tertiary/aromatic N) is 2. The van der Waals surface area contributed by atoms with Gasteiger partial charge >= 0.3 is 0 Å². The molecule has 226 valence electrons. The van der Waals surface area contributed by atoms with Crippen LogP contribution in [0.15, 0.2) is 29.8 Å². The van der Waals surface area contributed by atoms with Crippen molar-refractivity contribution in [2.75, 3.05) is 12.0 Å². The van der Waals surface area contributed by atoms with Gasteiger partial charge in [0.05, 0.1) is 18.9 Å². The maximum atomic E-state index is 15.0. The molecule has 2 aromatic carbocycles. The van der Waals surface area contributed by atoms with Gasteiger partial charge in [-0.1, -0.05) is 17.7 Å². The molecule has 4 aliphatic rings. The number of imide groups is 2. The SMILES string of the molecule is COc1ccc(C2C3=CCC4C(=O)N(O)C(=O)C4C3CC3(Cl)C(=O)N(c4c(F)c(F)c(F)c(F)c4F)C(=O)C23Cl)cc1O. The lowest BCUT2D eigenvalue weighted by atomic mass is 9.56. The first-order valence-electron chi connectivity index (χ1n) is 12.5. The Hall–Kier alpha value is -3.75. The molecular weight excluding hydrogens is 630 g/mol. The van der Waals surface area contributed by atoms with Gasteiger partial charge in [0.15, 0.2) is 44.5 Å². The minimum Gasteiger partial charge on any atom is -0.504 e. The molecule has 4 amide bonds. The third-order valence-electron chi connectivity index (χ3n) is 8.73. The molecule has 2 aliphatic carbocycles. The fourth-order valence-electron chi connectivity index (χ4n) is 6.81. The van der Waals surface area contributed by atoms with Crippen LogP contribution in [0.2, 0.25) is 0 Å². The van der Waals surface area contributed by atoms with Gasteiger partial charge < -0.3 is 9.84 Å². The summed E-state index contributed by atoms with van der Waals surface area (Å²) < 4.78 is 77.2. The fourth-order valence-corrected chi connectivity index (χ4v) is 7.75. The first-order valence-corrected chi connectivity index (χ1v) is 13.3. The van der Waals surface area contributed by atoms with Gasteiger partial charge in [0.1, 0.15) is 5.69 Å². The van der Waals surface area contributed by atoms with E-state index in [2.05, 4.69) is 0 Å². The van der Waals surface area contributed by atoms with E-state index < -0.39 is 104 Å². The lowest BCUT2D eigenvalue weighted by Gasteiger charge is -2.50. The van der Waals surface area contributed by atoms with E-state index in [9.17, 15) is 51.4 Å². The van der Waals surface area contributed by atoms with Crippen LogP contribution < -0.4 is 9.64 Å². The van der Waals surface area contributed by atoms with Crippen LogP contribution in [0.4, 0.5) is 27.6 Å². The van der Waals surface area contributed by atoms with Crippen molar-refractivity contribution in [2.45, 2.75) is 28.5 Å². The van der Waals surface area contributed by atoms with E-state index >= 15 is 0 Å². The highest BCUT2D eigenvalue weighted by molar-refractivity contribution is 6.58. The van der Waals surface area contributed by atoms with Gasteiger partial charge in [0.25, 0.3) is 23.6 Å². The second-order valence-electron chi connectivity index (χ2n) is 10.6. The molecule has 2 heterocycles. The van der Waals surface area contributed by atoms with E-state index in [0.29, 0.717) is 0 Å². The Morgan fingerprint density at radius 2 is 1.51 bits per heavy atom. The summed E-state index contributed by atoms with van der Waals surface area (Å²) in [6.07, 6.45) is 0.594. The number of hydroxylamine groups is 2. The third kappa shape index (κ3) is 3.48. The van der Waals surface area contributed by atoms with Crippen LogP contribution in [0.3, 0.4) is 0 Å². The summed E-state index contributed by atoms with van der Waals surface area (Å²) in [4.78, 5) is 47.9. The zero-order chi connectivity index (χ0) is 31.5. The van der Waals surface area contributed by atoms with Gasteiger partial charge in [-0.2, -0.15) is 5.06 Å². The molecule has 0 spiro atoms. The minimum atomic E-state index is -2.73. The Kier molecular flexibility index (Phi) is 6.39. The zero-order valence-electron chi connectivity index (χ0n) is 21.5. The van der Waals surface area contributed by atoms with E-state index in [-0.39, 0.29) is 33.3 Å². The molecule has 2 aromatic rings. The number of benzene rings is 2. The molecule has 43 heavy (non-hydrogen) atoms. The predicted octanol–water partition coefficient (Wildman–Crippen LogP) is 4.05. The molecule has 2 aliphatic heterocycles. The highest BCUT2D eigenvalue weighted by atomic mass is 35.5. The van der Waals surface area contributed by atoms with Crippen molar-refractivity contribution < 1.29 is 56.2 Å². The fraction of sp³-hybridized carbons (Fsp3) is 0.333. The average molecular weight is 647 g/mol. The smallest absolute Gasteiger partial charge is 0.258 e. The number of halogens is 7. The van der Waals surface area contributed by atoms with Crippen LogP contribution in [0, 0.1) is 46.8 Å². The first-order chi connectivity index (χ1) is 20.1. The number of hydrogen-bond donors (Lipinski definition) is 2. The lowest BCUT2D eigenvalue weighted by molar-refractivity contribution is -0.173. The van der Waals surface area contributed by atoms with E-state index in [1.54, 1.807) is 0 Å². The summed E-state index contributed by atoms with van der Waals surface area (Å²) >= 11 is 13.8. The summed E-state index contributed by atoms with van der Waals surface area (Å²) in [7, 11) is 1.24. The number of aromatic hydroxyl groups is 1. The Morgan fingerprint density at radius 3 is 2.09 bits per heavy atom. The van der Waals surface area contributed by atoms with Crippen molar-refractivity contribution >= 4 is 52.5 Å². The molecule has 2 saturated heterocycles. The van der Waals surface area contributed by atoms with Gasteiger partial charge in [0.2, 0.25) is 5.82 Å². The predicted molar refractivity (Wildman–Crippen MR) is 135 cm³/mol. The van der Waals surface area contributed by atoms with Crippen molar-refractivity contribution in [1.82, 2.24) is 5.06 Å². The molecule has 2 N–H and O–H groups in total. The van der Waals surface area contributed by atoms with Crippen LogP contribution in [0.5, 0.6) is 11.5 Å². The lowest BCUT2D eigenvalue weighted by Crippen LogP contribution is -2.60. The van der Waals surface area contributed by atoms with Gasteiger partial charge in [-0.3, -0.25) is 24.4 Å². The quantitative estimate of drug-likeness (QED) is 0.0981. The summed E-state index contributed by atoms with van der Waals surface area (Å²) in [5, 5.41) is 20.5. The number of carbonyl (C=O) groups excluding carboxylic acids is 4. The number of allylic oxidation sites excluding steroid dienone is 2. The van der Waals surface area contributed by atoms with E-state index in [4.69, 9.17) is 27.9 Å². The summed E-state index contributed by atoms with van der Waals surface area (Å²) in [6, 6.07) is 3.68. The van der Waals surface area contributed by atoms with Crippen LogP contribution in [0.1, 0.15) is 24.3 Å². The summed E-state index contributed by atoms with van der Waals surface area (Å²) in [5.74, 6) is -23.4. The standard InChI is InChI=1S/C27H17Cl2F5N2O7/c1-43-13-5-2-8(6-12(13)37)15-9-3-4-10-14(23(39)36(42)22(10)38)11(9)7-26(28)24(40)35(25(41)27(15,26)29)21-19(33)17(31)16(30)18(32)20(21)34/h2-3,5-6,10-11,14-15,37,42H,4,7H2,1H3. The Bertz CT molecular complexity index is 1690. The number of methoxy groups -OCH3 is 1. The van der Waals surface area contributed by atoms with E-state index in [1.165, 1.54) is 25.3 Å². The van der Waals surface area contributed by atoms with Gasteiger partial charge in [-0.15, -0.1) is 23.2 Å². The Morgan fingerprint density at radius 1 is 0.907 bits per heavy atom. The van der Waals surface area contributed by atoms with Gasteiger partial charge in [0, 0.05) is 5.92 Å². The number of carbonyl (C=O) groups is 4. The monoisotopic (exact) mass is 646 g/mol. The zero-order valence-corrected chi connectivity index (χ0v) is 23.0. The number of amides is 4. The summed E-state index contributed by atoms with van der Waals surface area (Å²) in [5.41, 5.74) is -1.75. The number of hydrogen-bond acceptors (Lipinski definition) is 7. The highest BCUT2D eigenvalue weighted by Crippen LogP contribution is 2.66. The van der Waals surface area contributed by atoms with Crippen LogP contribution >= 0.6 is 23.2 Å². The molecule has 9 nitrogen and oxygen atoms in total. The maximum absolute atomic E-state index is 15.0. The average Bonchev–Trinajstić information content (AvgIpc) is 3.28. The Labute approximate surface area is 248 Å². The van der Waals surface area contributed by atoms with Gasteiger partial charge in [-0.25, -0.2) is 26.9 Å². The number of fused-ring (bicyclic) bond motifs is 4. The third-order valence-corrected chi connectivity index (χ3v) is 10.1. The van der Waals surface area contributed by atoms with Crippen molar-refractivity contribution in [2.24, 2.45) is 17.8 Å². The van der Waals surface area contributed by atoms with Crippen molar-refractivity contribution in [3.63, 3.8) is 0 Å². The number of phenolic OH excluding ortho intramolecular Hbond substituents is 1. The number of alkyl halides is 2. The number of phenols is 1. The first kappa shape index (κ1) is 29.3. The molecule has 6 atom stereocenters. The van der Waals surface area contributed by atoms with E-state index in [0.717, 1.165) is 6.07 Å². The number of anilines is 1. The maximum Gasteiger partial charge on any atom is 0.258 e. The number of rotatable bonds is 3. The molecule has 6 rings (SSSR count). The molecule has 0 bridgehead atoms. The molecule has 6 unspecified atom stereocenters. The van der Waals surface area contributed by atoms with Crippen molar-refractivity contribution in [3.8, 4) is 11.5 Å². The molecular formula is C27H17Cl2F5N2O7. The molecule has 0 aromatic heterocycles. The van der Waals surface area contributed by atoms with Crippen LogP contribution in [-0.4, -0.2) is 55.9 Å². The molecule has 1 saturated carbocycles.